The molecule has 3 aromatic rings. The Hall–Kier alpha value is -2.60. The maximum atomic E-state index is 9.62. The summed E-state index contributed by atoms with van der Waals surface area (Å²) in [6.45, 7) is 0. The molecule has 1 aromatic carbocycles. The van der Waals surface area contributed by atoms with E-state index in [2.05, 4.69) is 10.4 Å². The highest BCUT2D eigenvalue weighted by Crippen LogP contribution is 2.26. The van der Waals surface area contributed by atoms with E-state index in [4.69, 9.17) is 10.7 Å². The van der Waals surface area contributed by atoms with Crippen molar-refractivity contribution in [2.45, 2.75) is 37.8 Å². The molecular weight excluding hydrogens is 302 g/mol. The Kier molecular flexibility index (Phi) is 3.82. The Bertz CT molecular complexity index is 834. The highest BCUT2D eigenvalue weighted by molar-refractivity contribution is 5.78. The lowest BCUT2D eigenvalue weighted by Crippen LogP contribution is -2.28. The molecule has 1 aliphatic rings. The number of nitrogens with two attached hydrogens (primary N) is 1. The maximum absolute atomic E-state index is 9.62. The van der Waals surface area contributed by atoms with Crippen LogP contribution in [0.4, 0.5) is 11.5 Å². The fraction of sp³-hybridized carbons (Fsp3) is 0.333. The SMILES string of the molecule is Nc1ccc(-c2cnn3ccc(NC4CCC(O)CC4)nc23)cc1. The van der Waals surface area contributed by atoms with Crippen LogP contribution >= 0.6 is 0 Å². The topological polar surface area (TPSA) is 88.5 Å². The van der Waals surface area contributed by atoms with Crippen molar-refractivity contribution in [3.05, 3.63) is 42.7 Å². The number of benzene rings is 1. The number of anilines is 2. The zero-order valence-corrected chi connectivity index (χ0v) is 13.4. The second-order valence-electron chi connectivity index (χ2n) is 6.41. The average molecular weight is 323 g/mol. The second kappa shape index (κ2) is 6.13. The van der Waals surface area contributed by atoms with Crippen LogP contribution in [0.2, 0.25) is 0 Å². The normalized spacial score (nSPS) is 21.0. The van der Waals surface area contributed by atoms with Crippen LogP contribution in [-0.2, 0) is 0 Å². The van der Waals surface area contributed by atoms with Gasteiger partial charge in [0.25, 0.3) is 0 Å². The Morgan fingerprint density at radius 2 is 1.83 bits per heavy atom. The summed E-state index contributed by atoms with van der Waals surface area (Å²) in [6.07, 6.45) is 7.24. The molecule has 124 valence electrons. The Morgan fingerprint density at radius 1 is 1.08 bits per heavy atom. The van der Waals surface area contributed by atoms with Gasteiger partial charge in [0.05, 0.1) is 12.3 Å². The van der Waals surface area contributed by atoms with Crippen molar-refractivity contribution in [3.8, 4) is 11.1 Å². The van der Waals surface area contributed by atoms with Gasteiger partial charge in [0.15, 0.2) is 5.65 Å². The molecule has 24 heavy (non-hydrogen) atoms. The van der Waals surface area contributed by atoms with Gasteiger partial charge in [-0.05, 0) is 49.4 Å². The van der Waals surface area contributed by atoms with Crippen LogP contribution in [0.25, 0.3) is 16.8 Å². The number of hydrogen-bond acceptors (Lipinski definition) is 5. The summed E-state index contributed by atoms with van der Waals surface area (Å²) in [4.78, 5) is 4.74. The van der Waals surface area contributed by atoms with E-state index in [9.17, 15) is 5.11 Å². The Balaban J connectivity index is 1.62. The van der Waals surface area contributed by atoms with Gasteiger partial charge in [-0.25, -0.2) is 9.50 Å². The molecule has 0 atom stereocenters. The van der Waals surface area contributed by atoms with E-state index in [0.29, 0.717) is 6.04 Å². The number of aliphatic hydroxyl groups is 1. The van der Waals surface area contributed by atoms with Crippen molar-refractivity contribution in [3.63, 3.8) is 0 Å². The molecule has 1 aliphatic carbocycles. The number of fused-ring (bicyclic) bond motifs is 1. The molecule has 1 fully saturated rings. The molecule has 0 aliphatic heterocycles. The highest BCUT2D eigenvalue weighted by atomic mass is 16.3. The van der Waals surface area contributed by atoms with Gasteiger partial charge in [-0.1, -0.05) is 12.1 Å². The minimum atomic E-state index is -0.148. The Morgan fingerprint density at radius 3 is 2.58 bits per heavy atom. The van der Waals surface area contributed by atoms with E-state index >= 15 is 0 Å². The third-order valence-corrected chi connectivity index (χ3v) is 4.64. The van der Waals surface area contributed by atoms with E-state index in [1.165, 1.54) is 0 Å². The van der Waals surface area contributed by atoms with Gasteiger partial charge in [-0.3, -0.25) is 0 Å². The summed E-state index contributed by atoms with van der Waals surface area (Å²) in [5, 5.41) is 17.5. The van der Waals surface area contributed by atoms with Crippen LogP contribution in [0.5, 0.6) is 0 Å². The van der Waals surface area contributed by atoms with Crippen molar-refractivity contribution in [2.24, 2.45) is 0 Å². The first kappa shape index (κ1) is 15.0. The van der Waals surface area contributed by atoms with Crippen molar-refractivity contribution >= 4 is 17.2 Å². The number of rotatable bonds is 3. The van der Waals surface area contributed by atoms with E-state index in [0.717, 1.165) is 54.0 Å². The van der Waals surface area contributed by atoms with Gasteiger partial charge in [0.2, 0.25) is 0 Å². The molecule has 4 rings (SSSR count). The average Bonchev–Trinajstić information content (AvgIpc) is 3.01. The van der Waals surface area contributed by atoms with E-state index in [1.807, 2.05) is 42.7 Å². The fourth-order valence-electron chi connectivity index (χ4n) is 3.24. The molecule has 0 saturated heterocycles. The summed E-state index contributed by atoms with van der Waals surface area (Å²) >= 11 is 0. The van der Waals surface area contributed by atoms with Gasteiger partial charge in [0, 0.05) is 23.5 Å². The van der Waals surface area contributed by atoms with Crippen molar-refractivity contribution in [2.75, 3.05) is 11.1 Å². The number of aliphatic hydroxyl groups excluding tert-OH is 1. The first-order chi connectivity index (χ1) is 11.7. The van der Waals surface area contributed by atoms with E-state index in [-0.39, 0.29) is 6.10 Å². The fourth-order valence-corrected chi connectivity index (χ4v) is 3.24. The number of hydrogen-bond donors (Lipinski definition) is 3. The van der Waals surface area contributed by atoms with Crippen LogP contribution in [0, 0.1) is 0 Å². The van der Waals surface area contributed by atoms with Gasteiger partial charge in [0.1, 0.15) is 5.82 Å². The lowest BCUT2D eigenvalue weighted by molar-refractivity contribution is 0.126. The predicted octanol–water partition coefficient (Wildman–Crippen LogP) is 2.69. The molecule has 2 aromatic heterocycles. The quantitative estimate of drug-likeness (QED) is 0.645. The minimum absolute atomic E-state index is 0.148. The lowest BCUT2D eigenvalue weighted by Gasteiger charge is -2.26. The van der Waals surface area contributed by atoms with Gasteiger partial charge in [-0.2, -0.15) is 5.10 Å². The monoisotopic (exact) mass is 323 g/mol. The molecule has 1 saturated carbocycles. The first-order valence-electron chi connectivity index (χ1n) is 8.34. The maximum Gasteiger partial charge on any atom is 0.165 e. The van der Waals surface area contributed by atoms with Gasteiger partial charge >= 0.3 is 0 Å². The molecule has 0 spiro atoms. The third kappa shape index (κ3) is 2.92. The summed E-state index contributed by atoms with van der Waals surface area (Å²) in [5.74, 6) is 0.848. The first-order valence-corrected chi connectivity index (χ1v) is 8.34. The van der Waals surface area contributed by atoms with Crippen molar-refractivity contribution in [1.82, 2.24) is 14.6 Å². The van der Waals surface area contributed by atoms with Gasteiger partial charge < -0.3 is 16.2 Å². The molecule has 6 heteroatoms. The van der Waals surface area contributed by atoms with E-state index < -0.39 is 0 Å². The van der Waals surface area contributed by atoms with E-state index in [1.54, 1.807) is 4.52 Å². The predicted molar refractivity (Wildman–Crippen MR) is 94.7 cm³/mol. The largest absolute Gasteiger partial charge is 0.399 e. The number of nitrogens with zero attached hydrogens (tertiary/aromatic N) is 3. The van der Waals surface area contributed by atoms with Crippen LogP contribution < -0.4 is 11.1 Å². The molecule has 4 N–H and O–H groups in total. The minimum Gasteiger partial charge on any atom is -0.399 e. The molecule has 6 nitrogen and oxygen atoms in total. The van der Waals surface area contributed by atoms with Crippen LogP contribution in [0.15, 0.2) is 42.7 Å². The smallest absolute Gasteiger partial charge is 0.165 e. The van der Waals surface area contributed by atoms with Crippen molar-refractivity contribution < 1.29 is 5.11 Å². The molecule has 0 unspecified atom stereocenters. The standard InChI is InChI=1S/C18H21N5O/c19-13-3-1-12(2-4-13)16-11-20-23-10-9-17(22-18(16)23)21-14-5-7-15(24)8-6-14/h1-4,9-11,14-15,24H,5-8,19H2,(H,21,22). The zero-order chi connectivity index (χ0) is 16.5. The number of nitrogen functional groups attached to an aromatic ring is 1. The molecule has 0 bridgehead atoms. The van der Waals surface area contributed by atoms with Gasteiger partial charge in [-0.15, -0.1) is 0 Å². The van der Waals surface area contributed by atoms with Crippen LogP contribution in [0.1, 0.15) is 25.7 Å². The molecule has 0 radical (unpaired) electrons. The summed E-state index contributed by atoms with van der Waals surface area (Å²) in [7, 11) is 0. The highest BCUT2D eigenvalue weighted by Gasteiger charge is 2.19. The third-order valence-electron chi connectivity index (χ3n) is 4.64. The Labute approximate surface area is 140 Å². The lowest BCUT2D eigenvalue weighted by atomic mass is 9.93. The van der Waals surface area contributed by atoms with Crippen LogP contribution in [-0.4, -0.2) is 31.9 Å². The number of aromatic nitrogens is 3. The zero-order valence-electron chi connectivity index (χ0n) is 13.4. The summed E-state index contributed by atoms with van der Waals surface area (Å²) in [5.41, 5.74) is 9.36. The summed E-state index contributed by atoms with van der Waals surface area (Å²) in [6, 6.07) is 10.0. The van der Waals surface area contributed by atoms with Crippen molar-refractivity contribution in [1.29, 1.82) is 0 Å². The van der Waals surface area contributed by atoms with Crippen LogP contribution in [0.3, 0.4) is 0 Å². The number of nitrogens with one attached hydrogen (secondary N) is 1. The second-order valence-corrected chi connectivity index (χ2v) is 6.41. The summed E-state index contributed by atoms with van der Waals surface area (Å²) < 4.78 is 1.78. The molecule has 2 heterocycles. The molecular formula is C18H21N5O. The molecule has 0 amide bonds.